The van der Waals surface area contributed by atoms with Crippen LogP contribution < -0.4 is 4.74 Å². The van der Waals surface area contributed by atoms with E-state index in [1.165, 1.54) is 0 Å². The molecule has 1 aromatic rings. The van der Waals surface area contributed by atoms with Crippen molar-refractivity contribution >= 4 is 5.91 Å². The highest BCUT2D eigenvalue weighted by Crippen LogP contribution is 2.20. The van der Waals surface area contributed by atoms with Gasteiger partial charge < -0.3 is 14.4 Å². The van der Waals surface area contributed by atoms with Crippen LogP contribution in [0.2, 0.25) is 0 Å². The van der Waals surface area contributed by atoms with Crippen LogP contribution in [0.4, 0.5) is 0 Å². The molecule has 1 saturated heterocycles. The van der Waals surface area contributed by atoms with Crippen LogP contribution in [0.5, 0.6) is 5.75 Å². The Labute approximate surface area is 120 Å². The zero-order valence-corrected chi connectivity index (χ0v) is 12.2. The highest BCUT2D eigenvalue weighted by Gasteiger charge is 2.23. The van der Waals surface area contributed by atoms with E-state index in [1.54, 1.807) is 14.2 Å². The Balaban J connectivity index is 1.94. The molecular weight excluding hydrogens is 256 g/mol. The molecule has 1 fully saturated rings. The summed E-state index contributed by atoms with van der Waals surface area (Å²) in [4.78, 5) is 16.7. The zero-order chi connectivity index (χ0) is 14.4. The van der Waals surface area contributed by atoms with Crippen molar-refractivity contribution in [1.82, 2.24) is 9.80 Å². The normalized spacial score (nSPS) is 16.2. The number of ether oxygens (including phenoxy) is 2. The molecular formula is C15H22N2O3. The molecule has 1 aromatic carbocycles. The van der Waals surface area contributed by atoms with E-state index in [0.29, 0.717) is 11.3 Å². The van der Waals surface area contributed by atoms with Gasteiger partial charge in [0.25, 0.3) is 5.91 Å². The van der Waals surface area contributed by atoms with E-state index in [9.17, 15) is 4.79 Å². The summed E-state index contributed by atoms with van der Waals surface area (Å²) in [6.45, 7) is 4.95. The number of methoxy groups -OCH3 is 2. The van der Waals surface area contributed by atoms with Gasteiger partial charge in [-0.15, -0.1) is 0 Å². The Morgan fingerprint density at radius 2 is 1.85 bits per heavy atom. The molecule has 5 nitrogen and oxygen atoms in total. The first kappa shape index (κ1) is 14.8. The molecule has 1 aliphatic rings. The summed E-state index contributed by atoms with van der Waals surface area (Å²) < 4.78 is 10.3. The second kappa shape index (κ2) is 7.26. The summed E-state index contributed by atoms with van der Waals surface area (Å²) in [5.41, 5.74) is 0.639. The van der Waals surface area contributed by atoms with Gasteiger partial charge in [-0.3, -0.25) is 9.69 Å². The third kappa shape index (κ3) is 3.49. The summed E-state index contributed by atoms with van der Waals surface area (Å²) in [5.74, 6) is 0.688. The lowest BCUT2D eigenvalue weighted by Crippen LogP contribution is -2.49. The first-order chi connectivity index (χ1) is 9.76. The van der Waals surface area contributed by atoms with E-state index in [0.717, 1.165) is 39.3 Å². The highest BCUT2D eigenvalue weighted by atomic mass is 16.5. The van der Waals surface area contributed by atoms with E-state index >= 15 is 0 Å². The molecule has 110 valence electrons. The Bertz CT molecular complexity index is 442. The predicted octanol–water partition coefficient (Wildman–Crippen LogP) is 1.10. The molecule has 0 atom stereocenters. The van der Waals surface area contributed by atoms with Crippen molar-refractivity contribution in [1.29, 1.82) is 0 Å². The van der Waals surface area contributed by atoms with Crippen LogP contribution in [0.3, 0.4) is 0 Å². The number of carbonyl (C=O) groups is 1. The number of benzene rings is 1. The Morgan fingerprint density at radius 3 is 2.50 bits per heavy atom. The number of rotatable bonds is 5. The minimum atomic E-state index is 0.0499. The Hall–Kier alpha value is -1.59. The van der Waals surface area contributed by atoms with Crippen LogP contribution in [0, 0.1) is 0 Å². The van der Waals surface area contributed by atoms with E-state index < -0.39 is 0 Å². The second-order valence-electron chi connectivity index (χ2n) is 4.83. The van der Waals surface area contributed by atoms with Gasteiger partial charge in [-0.05, 0) is 12.1 Å². The lowest BCUT2D eigenvalue weighted by atomic mass is 10.1. The molecule has 0 aromatic heterocycles. The second-order valence-corrected chi connectivity index (χ2v) is 4.83. The molecule has 0 bridgehead atoms. The van der Waals surface area contributed by atoms with Crippen LogP contribution in [-0.4, -0.2) is 69.3 Å². The van der Waals surface area contributed by atoms with Crippen molar-refractivity contribution in [2.45, 2.75) is 0 Å². The molecule has 0 spiro atoms. The number of nitrogens with zero attached hydrogens (tertiary/aromatic N) is 2. The third-order valence-corrected chi connectivity index (χ3v) is 3.61. The molecule has 1 aliphatic heterocycles. The van der Waals surface area contributed by atoms with Crippen LogP contribution in [0.25, 0.3) is 0 Å². The van der Waals surface area contributed by atoms with E-state index in [1.807, 2.05) is 29.2 Å². The number of hydrogen-bond donors (Lipinski definition) is 0. The maximum absolute atomic E-state index is 12.5. The predicted molar refractivity (Wildman–Crippen MR) is 77.2 cm³/mol. The number of carbonyl (C=O) groups excluding carboxylic acids is 1. The lowest BCUT2D eigenvalue weighted by Gasteiger charge is -2.34. The monoisotopic (exact) mass is 278 g/mol. The smallest absolute Gasteiger partial charge is 0.257 e. The molecule has 2 rings (SSSR count). The van der Waals surface area contributed by atoms with E-state index in [4.69, 9.17) is 9.47 Å². The van der Waals surface area contributed by atoms with Crippen LogP contribution in [0.1, 0.15) is 10.4 Å². The van der Waals surface area contributed by atoms with E-state index in [2.05, 4.69) is 4.90 Å². The van der Waals surface area contributed by atoms with Gasteiger partial charge in [-0.1, -0.05) is 12.1 Å². The minimum Gasteiger partial charge on any atom is -0.496 e. The van der Waals surface area contributed by atoms with Gasteiger partial charge in [-0.25, -0.2) is 0 Å². The largest absolute Gasteiger partial charge is 0.496 e. The summed E-state index contributed by atoms with van der Waals surface area (Å²) in [7, 11) is 3.30. The molecule has 1 amide bonds. The van der Waals surface area contributed by atoms with Crippen LogP contribution in [0.15, 0.2) is 24.3 Å². The lowest BCUT2D eigenvalue weighted by molar-refractivity contribution is 0.0591. The molecule has 0 saturated carbocycles. The fraction of sp³-hybridized carbons (Fsp3) is 0.533. The number of para-hydroxylation sites is 1. The molecule has 0 N–H and O–H groups in total. The van der Waals surface area contributed by atoms with E-state index in [-0.39, 0.29) is 5.91 Å². The topological polar surface area (TPSA) is 42.0 Å². The number of piperazine rings is 1. The highest BCUT2D eigenvalue weighted by molar-refractivity contribution is 5.97. The summed E-state index contributed by atoms with van der Waals surface area (Å²) >= 11 is 0. The van der Waals surface area contributed by atoms with Gasteiger partial charge in [0.1, 0.15) is 5.75 Å². The van der Waals surface area contributed by atoms with Gasteiger partial charge in [0.2, 0.25) is 0 Å². The SMILES string of the molecule is COCCN1CCN(C(=O)c2ccccc2OC)CC1. The number of amides is 1. The first-order valence-electron chi connectivity index (χ1n) is 6.90. The quantitative estimate of drug-likeness (QED) is 0.809. The Morgan fingerprint density at radius 1 is 1.15 bits per heavy atom. The fourth-order valence-electron chi connectivity index (χ4n) is 2.39. The molecule has 0 unspecified atom stereocenters. The van der Waals surface area contributed by atoms with Crippen molar-refractivity contribution < 1.29 is 14.3 Å². The Kier molecular flexibility index (Phi) is 5.38. The molecule has 1 heterocycles. The fourth-order valence-corrected chi connectivity index (χ4v) is 2.39. The van der Waals surface area contributed by atoms with Gasteiger partial charge in [0.15, 0.2) is 0 Å². The van der Waals surface area contributed by atoms with Crippen molar-refractivity contribution in [2.75, 3.05) is 53.6 Å². The average Bonchev–Trinajstić information content (AvgIpc) is 2.52. The van der Waals surface area contributed by atoms with Crippen LogP contribution >= 0.6 is 0 Å². The summed E-state index contributed by atoms with van der Waals surface area (Å²) in [6, 6.07) is 7.38. The zero-order valence-electron chi connectivity index (χ0n) is 12.2. The van der Waals surface area contributed by atoms with Crippen LogP contribution in [-0.2, 0) is 4.74 Å². The van der Waals surface area contributed by atoms with Gasteiger partial charge in [0, 0.05) is 39.8 Å². The van der Waals surface area contributed by atoms with Crippen molar-refractivity contribution in [3.8, 4) is 5.75 Å². The first-order valence-corrected chi connectivity index (χ1v) is 6.90. The average molecular weight is 278 g/mol. The van der Waals surface area contributed by atoms with Gasteiger partial charge in [-0.2, -0.15) is 0 Å². The summed E-state index contributed by atoms with van der Waals surface area (Å²) in [6.07, 6.45) is 0. The standard InChI is InChI=1S/C15H22N2O3/c1-19-12-11-16-7-9-17(10-8-16)15(18)13-5-3-4-6-14(13)20-2/h3-6H,7-12H2,1-2H3. The van der Waals surface area contributed by atoms with Crippen molar-refractivity contribution in [3.63, 3.8) is 0 Å². The van der Waals surface area contributed by atoms with Crippen molar-refractivity contribution in [2.24, 2.45) is 0 Å². The maximum Gasteiger partial charge on any atom is 0.257 e. The third-order valence-electron chi connectivity index (χ3n) is 3.61. The molecule has 0 aliphatic carbocycles. The van der Waals surface area contributed by atoms with Gasteiger partial charge >= 0.3 is 0 Å². The number of hydrogen-bond acceptors (Lipinski definition) is 4. The van der Waals surface area contributed by atoms with Crippen molar-refractivity contribution in [3.05, 3.63) is 29.8 Å². The maximum atomic E-state index is 12.5. The van der Waals surface area contributed by atoms with Gasteiger partial charge in [0.05, 0.1) is 19.3 Å². The summed E-state index contributed by atoms with van der Waals surface area (Å²) in [5, 5.41) is 0. The molecule has 5 heteroatoms. The molecule has 20 heavy (non-hydrogen) atoms. The minimum absolute atomic E-state index is 0.0499. The molecule has 0 radical (unpaired) electrons.